The molecule has 0 atom stereocenters. The normalized spacial score (nSPS) is 15.4. The zero-order valence-corrected chi connectivity index (χ0v) is 15.3. The van der Waals surface area contributed by atoms with E-state index in [4.69, 9.17) is 9.15 Å². The number of carbonyl (C=O) groups excluding carboxylic acids is 1. The number of rotatable bonds is 3. The number of halogens is 3. The summed E-state index contributed by atoms with van der Waals surface area (Å²) < 4.78 is 51.8. The number of aromatic nitrogens is 1. The van der Waals surface area contributed by atoms with Gasteiger partial charge in [-0.2, -0.15) is 13.2 Å². The second kappa shape index (κ2) is 7.01. The van der Waals surface area contributed by atoms with E-state index in [0.717, 1.165) is 12.1 Å². The molecule has 1 fully saturated rings. The fraction of sp³-hybridized carbons (Fsp3) is 0.350. The fourth-order valence-electron chi connectivity index (χ4n) is 3.47. The van der Waals surface area contributed by atoms with Gasteiger partial charge in [-0.3, -0.25) is 4.79 Å². The maximum Gasteiger partial charge on any atom is 0.416 e. The Labute approximate surface area is 159 Å². The van der Waals surface area contributed by atoms with Crippen molar-refractivity contribution in [2.75, 3.05) is 26.3 Å². The van der Waals surface area contributed by atoms with E-state index in [1.165, 1.54) is 6.07 Å². The third kappa shape index (κ3) is 3.52. The third-order valence-electron chi connectivity index (χ3n) is 4.83. The van der Waals surface area contributed by atoms with Gasteiger partial charge in [0, 0.05) is 31.8 Å². The van der Waals surface area contributed by atoms with Crippen LogP contribution in [0.1, 0.15) is 27.4 Å². The Morgan fingerprint density at radius 2 is 1.89 bits per heavy atom. The van der Waals surface area contributed by atoms with Crippen molar-refractivity contribution in [2.24, 2.45) is 0 Å². The number of carbonyl (C=O) groups is 1. The van der Waals surface area contributed by atoms with Gasteiger partial charge in [-0.05, 0) is 24.6 Å². The summed E-state index contributed by atoms with van der Waals surface area (Å²) in [6, 6.07) is 8.60. The lowest BCUT2D eigenvalue weighted by Gasteiger charge is -2.27. The summed E-state index contributed by atoms with van der Waals surface area (Å²) in [5.74, 6) is 0.493. The van der Waals surface area contributed by atoms with E-state index < -0.39 is 11.7 Å². The highest BCUT2D eigenvalue weighted by molar-refractivity contribution is 5.97. The number of furan rings is 1. The molecule has 3 heterocycles. The van der Waals surface area contributed by atoms with Crippen molar-refractivity contribution in [1.82, 2.24) is 9.47 Å². The van der Waals surface area contributed by atoms with Gasteiger partial charge in [-0.1, -0.05) is 12.1 Å². The number of ether oxygens (including phenoxy) is 1. The number of amides is 1. The molecule has 28 heavy (non-hydrogen) atoms. The molecule has 0 aliphatic carbocycles. The van der Waals surface area contributed by atoms with Gasteiger partial charge in [0.1, 0.15) is 11.5 Å². The minimum absolute atomic E-state index is 0.137. The number of nitrogens with zero attached hydrogens (tertiary/aromatic N) is 2. The van der Waals surface area contributed by atoms with Gasteiger partial charge in [-0.15, -0.1) is 0 Å². The van der Waals surface area contributed by atoms with Crippen LogP contribution in [0.15, 0.2) is 40.8 Å². The van der Waals surface area contributed by atoms with Crippen molar-refractivity contribution in [2.45, 2.75) is 19.6 Å². The summed E-state index contributed by atoms with van der Waals surface area (Å²) in [6.45, 7) is 3.82. The summed E-state index contributed by atoms with van der Waals surface area (Å²) in [6.07, 6.45) is -4.42. The highest BCUT2D eigenvalue weighted by Crippen LogP contribution is 2.31. The zero-order chi connectivity index (χ0) is 19.9. The predicted molar refractivity (Wildman–Crippen MR) is 96.2 cm³/mol. The van der Waals surface area contributed by atoms with Crippen molar-refractivity contribution in [3.8, 4) is 0 Å². The van der Waals surface area contributed by atoms with E-state index in [9.17, 15) is 18.0 Å². The Morgan fingerprint density at radius 3 is 2.61 bits per heavy atom. The molecule has 1 aliphatic heterocycles. The van der Waals surface area contributed by atoms with E-state index in [0.29, 0.717) is 54.4 Å². The van der Waals surface area contributed by atoms with E-state index in [2.05, 4.69) is 0 Å². The van der Waals surface area contributed by atoms with Crippen LogP contribution < -0.4 is 0 Å². The Kier molecular flexibility index (Phi) is 4.66. The van der Waals surface area contributed by atoms with Gasteiger partial charge in [0.05, 0.1) is 24.3 Å². The third-order valence-corrected chi connectivity index (χ3v) is 4.83. The second-order valence-electron chi connectivity index (χ2n) is 6.82. The van der Waals surface area contributed by atoms with Gasteiger partial charge in [0.2, 0.25) is 0 Å². The first-order valence-electron chi connectivity index (χ1n) is 8.96. The smallest absolute Gasteiger partial charge is 0.416 e. The van der Waals surface area contributed by atoms with Gasteiger partial charge >= 0.3 is 6.18 Å². The number of aryl methyl sites for hydroxylation is 1. The largest absolute Gasteiger partial charge is 0.460 e. The van der Waals surface area contributed by atoms with Gasteiger partial charge in [-0.25, -0.2) is 0 Å². The Bertz CT molecular complexity index is 1010. The van der Waals surface area contributed by atoms with Crippen molar-refractivity contribution in [3.05, 3.63) is 59.0 Å². The summed E-state index contributed by atoms with van der Waals surface area (Å²) in [5.41, 5.74) is 1.38. The minimum Gasteiger partial charge on any atom is -0.460 e. The van der Waals surface area contributed by atoms with Crippen LogP contribution >= 0.6 is 0 Å². The molecule has 0 N–H and O–H groups in total. The molecule has 3 aromatic rings. The van der Waals surface area contributed by atoms with Crippen LogP contribution in [0.25, 0.3) is 11.1 Å². The lowest BCUT2D eigenvalue weighted by molar-refractivity contribution is -0.137. The molecule has 1 amide bonds. The first-order valence-corrected chi connectivity index (χ1v) is 8.96. The van der Waals surface area contributed by atoms with Crippen LogP contribution in [0.4, 0.5) is 13.2 Å². The number of hydrogen-bond donors (Lipinski definition) is 0. The molecule has 1 aliphatic rings. The van der Waals surface area contributed by atoms with E-state index in [1.54, 1.807) is 34.6 Å². The molecule has 0 bridgehead atoms. The van der Waals surface area contributed by atoms with Crippen LogP contribution in [-0.4, -0.2) is 41.7 Å². The number of benzene rings is 1. The second-order valence-corrected chi connectivity index (χ2v) is 6.82. The minimum atomic E-state index is -4.42. The highest BCUT2D eigenvalue weighted by atomic mass is 19.4. The average molecular weight is 392 g/mol. The van der Waals surface area contributed by atoms with Crippen LogP contribution in [0.5, 0.6) is 0 Å². The standard InChI is InChI=1S/C20H19F3N2O3/c1-13-9-16-18(28-13)11-17(19(26)24-5-7-27-8-6-24)25(16)12-14-3-2-4-15(10-14)20(21,22)23/h2-4,9-11H,5-8,12H2,1H3. The number of hydrogen-bond acceptors (Lipinski definition) is 3. The summed E-state index contributed by atoms with van der Waals surface area (Å²) in [7, 11) is 0. The fourth-order valence-corrected chi connectivity index (χ4v) is 3.47. The molecule has 4 rings (SSSR count). The number of fused-ring (bicyclic) bond motifs is 1. The molecule has 2 aromatic heterocycles. The Hall–Kier alpha value is -2.74. The van der Waals surface area contributed by atoms with Crippen molar-refractivity contribution < 1.29 is 27.1 Å². The molecular weight excluding hydrogens is 373 g/mol. The maximum absolute atomic E-state index is 13.1. The molecule has 1 saturated heterocycles. The van der Waals surface area contributed by atoms with Crippen LogP contribution in [-0.2, 0) is 17.5 Å². The quantitative estimate of drug-likeness (QED) is 0.675. The molecule has 148 valence electrons. The monoisotopic (exact) mass is 392 g/mol. The van der Waals surface area contributed by atoms with E-state index in [1.807, 2.05) is 0 Å². The first-order chi connectivity index (χ1) is 13.3. The zero-order valence-electron chi connectivity index (χ0n) is 15.3. The van der Waals surface area contributed by atoms with Gasteiger partial charge < -0.3 is 18.6 Å². The maximum atomic E-state index is 13.1. The first kappa shape index (κ1) is 18.6. The summed E-state index contributed by atoms with van der Waals surface area (Å²) >= 11 is 0. The molecule has 0 unspecified atom stereocenters. The average Bonchev–Trinajstić information content (AvgIpc) is 3.18. The lowest BCUT2D eigenvalue weighted by Crippen LogP contribution is -2.41. The Balaban J connectivity index is 1.73. The Morgan fingerprint density at radius 1 is 1.14 bits per heavy atom. The molecule has 5 nitrogen and oxygen atoms in total. The lowest BCUT2D eigenvalue weighted by atomic mass is 10.1. The van der Waals surface area contributed by atoms with Crippen LogP contribution in [0, 0.1) is 6.92 Å². The highest BCUT2D eigenvalue weighted by Gasteiger charge is 2.30. The number of morpholine rings is 1. The molecule has 0 saturated carbocycles. The van der Waals surface area contributed by atoms with Gasteiger partial charge in [0.25, 0.3) is 5.91 Å². The molecular formula is C20H19F3N2O3. The summed E-state index contributed by atoms with van der Waals surface area (Å²) in [5, 5.41) is 0. The predicted octanol–water partition coefficient (Wildman–Crippen LogP) is 4.08. The van der Waals surface area contributed by atoms with Crippen LogP contribution in [0.2, 0.25) is 0 Å². The molecule has 0 spiro atoms. The SMILES string of the molecule is Cc1cc2c(cc(C(=O)N3CCOCC3)n2Cc2cccc(C(F)(F)F)c2)o1. The molecule has 0 radical (unpaired) electrons. The summed E-state index contributed by atoms with van der Waals surface area (Å²) in [4.78, 5) is 14.7. The molecule has 1 aromatic carbocycles. The topological polar surface area (TPSA) is 47.6 Å². The van der Waals surface area contributed by atoms with E-state index >= 15 is 0 Å². The molecule has 8 heteroatoms. The van der Waals surface area contributed by atoms with Crippen molar-refractivity contribution in [3.63, 3.8) is 0 Å². The number of alkyl halides is 3. The van der Waals surface area contributed by atoms with Crippen LogP contribution in [0.3, 0.4) is 0 Å². The van der Waals surface area contributed by atoms with Gasteiger partial charge in [0.15, 0.2) is 5.58 Å². The van der Waals surface area contributed by atoms with E-state index in [-0.39, 0.29) is 12.5 Å². The van der Waals surface area contributed by atoms with Crippen molar-refractivity contribution >= 4 is 17.0 Å². The van der Waals surface area contributed by atoms with Crippen molar-refractivity contribution in [1.29, 1.82) is 0 Å².